The normalized spacial score (nSPS) is 12.0. The van der Waals surface area contributed by atoms with E-state index in [0.29, 0.717) is 5.69 Å². The van der Waals surface area contributed by atoms with Gasteiger partial charge in [0, 0.05) is 16.1 Å². The monoisotopic (exact) mass is 389 g/mol. The molecule has 1 amide bonds. The van der Waals surface area contributed by atoms with E-state index in [9.17, 15) is 26.4 Å². The third-order valence-corrected chi connectivity index (χ3v) is 5.69. The Hall–Kier alpha value is -2.00. The lowest BCUT2D eigenvalue weighted by molar-refractivity contribution is -0.0328. The van der Waals surface area contributed by atoms with Crippen LogP contribution < -0.4 is 5.32 Å². The second-order valence-electron chi connectivity index (χ2n) is 4.95. The topological polar surface area (TPSA) is 63.2 Å². The predicted octanol–water partition coefficient (Wildman–Crippen LogP) is 4.34. The summed E-state index contributed by atoms with van der Waals surface area (Å²) in [6.45, 7) is 1.53. The second-order valence-corrected chi connectivity index (χ2v) is 8.37. The van der Waals surface area contributed by atoms with Crippen LogP contribution in [-0.4, -0.2) is 25.6 Å². The minimum atomic E-state index is -4.38. The van der Waals surface area contributed by atoms with E-state index in [2.05, 4.69) is 5.32 Å². The van der Waals surface area contributed by atoms with Gasteiger partial charge in [-0.2, -0.15) is 13.2 Å². The van der Waals surface area contributed by atoms with Gasteiger partial charge in [-0.05, 0) is 60.3 Å². The third-order valence-electron chi connectivity index (χ3n) is 3.20. The van der Waals surface area contributed by atoms with Crippen LogP contribution in [0.25, 0.3) is 0 Å². The molecule has 0 unspecified atom stereocenters. The van der Waals surface area contributed by atoms with E-state index in [1.54, 1.807) is 0 Å². The average Bonchev–Trinajstić information content (AvgIpc) is 2.54. The number of anilines is 1. The van der Waals surface area contributed by atoms with Crippen molar-refractivity contribution in [3.05, 3.63) is 54.1 Å². The van der Waals surface area contributed by atoms with Gasteiger partial charge in [0.25, 0.3) is 5.91 Å². The van der Waals surface area contributed by atoms with E-state index < -0.39 is 21.3 Å². The summed E-state index contributed by atoms with van der Waals surface area (Å²) >= 11 is -0.257. The number of alkyl halides is 3. The number of rotatable bonds is 5. The molecule has 0 atom stereocenters. The van der Waals surface area contributed by atoms with Gasteiger partial charge < -0.3 is 5.32 Å². The molecule has 0 aliphatic heterocycles. The summed E-state index contributed by atoms with van der Waals surface area (Å²) in [6, 6.07) is 10.7. The number of hydrogen-bond donors (Lipinski definition) is 1. The molecule has 25 heavy (non-hydrogen) atoms. The molecule has 0 aliphatic carbocycles. The molecular formula is C16H14F3NO3S2. The minimum Gasteiger partial charge on any atom is -0.322 e. The van der Waals surface area contributed by atoms with Crippen molar-refractivity contribution in [1.29, 1.82) is 0 Å². The van der Waals surface area contributed by atoms with Crippen molar-refractivity contribution >= 4 is 33.2 Å². The molecule has 1 N–H and O–H groups in total. The first-order valence-corrected chi connectivity index (χ1v) is 9.57. The van der Waals surface area contributed by atoms with Crippen LogP contribution in [0.5, 0.6) is 0 Å². The number of amides is 1. The Morgan fingerprint density at radius 2 is 1.60 bits per heavy atom. The van der Waals surface area contributed by atoms with Gasteiger partial charge >= 0.3 is 5.51 Å². The molecule has 2 rings (SSSR count). The quantitative estimate of drug-likeness (QED) is 0.773. The van der Waals surface area contributed by atoms with Crippen molar-refractivity contribution in [3.8, 4) is 0 Å². The molecule has 2 aromatic carbocycles. The van der Waals surface area contributed by atoms with Crippen molar-refractivity contribution in [2.75, 3.05) is 11.1 Å². The SMILES string of the molecule is CCS(=O)(=O)c1ccc(NC(=O)c2ccc(SC(F)(F)F)cc2)cc1. The zero-order valence-corrected chi connectivity index (χ0v) is 14.6. The van der Waals surface area contributed by atoms with Crippen molar-refractivity contribution in [2.45, 2.75) is 22.2 Å². The highest BCUT2D eigenvalue weighted by Gasteiger charge is 2.29. The van der Waals surface area contributed by atoms with Gasteiger partial charge in [-0.15, -0.1) is 0 Å². The molecule has 0 bridgehead atoms. The molecule has 0 heterocycles. The van der Waals surface area contributed by atoms with Crippen LogP contribution in [0.4, 0.5) is 18.9 Å². The summed E-state index contributed by atoms with van der Waals surface area (Å²) in [5.41, 5.74) is -3.81. The van der Waals surface area contributed by atoms with Gasteiger partial charge in [-0.25, -0.2) is 8.42 Å². The highest BCUT2D eigenvalue weighted by atomic mass is 32.2. The average molecular weight is 389 g/mol. The van der Waals surface area contributed by atoms with Gasteiger partial charge in [-0.1, -0.05) is 6.92 Å². The highest BCUT2D eigenvalue weighted by molar-refractivity contribution is 8.00. The van der Waals surface area contributed by atoms with Gasteiger partial charge in [-0.3, -0.25) is 4.79 Å². The van der Waals surface area contributed by atoms with Crippen LogP contribution in [0.2, 0.25) is 0 Å². The van der Waals surface area contributed by atoms with Gasteiger partial charge in [0.05, 0.1) is 10.6 Å². The van der Waals surface area contributed by atoms with Crippen LogP contribution in [-0.2, 0) is 9.84 Å². The van der Waals surface area contributed by atoms with Crippen LogP contribution >= 0.6 is 11.8 Å². The lowest BCUT2D eigenvalue weighted by Crippen LogP contribution is -2.12. The second kappa shape index (κ2) is 7.49. The van der Waals surface area contributed by atoms with E-state index >= 15 is 0 Å². The van der Waals surface area contributed by atoms with Crippen LogP contribution in [0.15, 0.2) is 58.3 Å². The predicted molar refractivity (Wildman–Crippen MR) is 90.5 cm³/mol. The lowest BCUT2D eigenvalue weighted by atomic mass is 10.2. The Balaban J connectivity index is 2.07. The maximum Gasteiger partial charge on any atom is 0.446 e. The third kappa shape index (κ3) is 5.50. The fourth-order valence-corrected chi connectivity index (χ4v) is 3.35. The first-order chi connectivity index (χ1) is 11.6. The van der Waals surface area contributed by atoms with Crippen molar-refractivity contribution in [1.82, 2.24) is 0 Å². The molecule has 4 nitrogen and oxygen atoms in total. The number of halogens is 3. The number of carbonyl (C=O) groups is 1. The summed E-state index contributed by atoms with van der Waals surface area (Å²) in [5.74, 6) is -0.532. The molecule has 0 spiro atoms. The van der Waals surface area contributed by atoms with E-state index in [4.69, 9.17) is 0 Å². The molecule has 2 aromatic rings. The zero-order chi connectivity index (χ0) is 18.7. The van der Waals surface area contributed by atoms with E-state index in [0.717, 1.165) is 0 Å². The van der Waals surface area contributed by atoms with Crippen molar-refractivity contribution < 1.29 is 26.4 Å². The molecule has 0 saturated carbocycles. The Bertz CT molecular complexity index is 846. The molecule has 9 heteroatoms. The Kier molecular flexibility index (Phi) is 5.79. The van der Waals surface area contributed by atoms with E-state index in [1.165, 1.54) is 55.5 Å². The van der Waals surface area contributed by atoms with Crippen molar-refractivity contribution in [2.24, 2.45) is 0 Å². The number of hydrogen-bond acceptors (Lipinski definition) is 4. The molecule has 0 aromatic heterocycles. The fourth-order valence-electron chi connectivity index (χ4n) is 1.92. The van der Waals surface area contributed by atoms with Crippen LogP contribution in [0, 0.1) is 0 Å². The number of thioether (sulfide) groups is 1. The molecule has 134 valence electrons. The van der Waals surface area contributed by atoms with E-state index in [1.807, 2.05) is 0 Å². The number of sulfone groups is 1. The zero-order valence-electron chi connectivity index (χ0n) is 13.0. The largest absolute Gasteiger partial charge is 0.446 e. The fraction of sp³-hybridized carbons (Fsp3) is 0.188. The molecule has 0 radical (unpaired) electrons. The summed E-state index contributed by atoms with van der Waals surface area (Å²) < 4.78 is 60.2. The standard InChI is InChI=1S/C16H14F3NO3S2/c1-2-25(22,23)14-9-5-12(6-10-14)20-15(21)11-3-7-13(8-4-11)24-16(17,18)19/h3-10H,2H2,1H3,(H,20,21). The Morgan fingerprint density at radius 3 is 2.08 bits per heavy atom. The van der Waals surface area contributed by atoms with Crippen LogP contribution in [0.3, 0.4) is 0 Å². The molecule has 0 saturated heterocycles. The maximum absolute atomic E-state index is 12.3. The van der Waals surface area contributed by atoms with Gasteiger partial charge in [0.15, 0.2) is 9.84 Å². The Labute approximate surface area is 147 Å². The lowest BCUT2D eigenvalue weighted by Gasteiger charge is -2.08. The van der Waals surface area contributed by atoms with Crippen LogP contribution in [0.1, 0.15) is 17.3 Å². The van der Waals surface area contributed by atoms with Gasteiger partial charge in [0.1, 0.15) is 0 Å². The number of benzene rings is 2. The Morgan fingerprint density at radius 1 is 1.04 bits per heavy atom. The smallest absolute Gasteiger partial charge is 0.322 e. The summed E-state index contributed by atoms with van der Waals surface area (Å²) in [6.07, 6.45) is 0. The maximum atomic E-state index is 12.3. The molecule has 0 fully saturated rings. The first-order valence-electron chi connectivity index (χ1n) is 7.11. The molecular weight excluding hydrogens is 375 g/mol. The van der Waals surface area contributed by atoms with Crippen molar-refractivity contribution in [3.63, 3.8) is 0 Å². The highest BCUT2D eigenvalue weighted by Crippen LogP contribution is 2.36. The van der Waals surface area contributed by atoms with Gasteiger partial charge in [0.2, 0.25) is 0 Å². The first kappa shape index (κ1) is 19.3. The number of carbonyl (C=O) groups excluding carboxylic acids is 1. The summed E-state index contributed by atoms with van der Waals surface area (Å²) in [7, 11) is -3.32. The molecule has 0 aliphatic rings. The van der Waals surface area contributed by atoms with E-state index in [-0.39, 0.29) is 32.9 Å². The summed E-state index contributed by atoms with van der Waals surface area (Å²) in [4.78, 5) is 12.2. The number of nitrogens with one attached hydrogen (secondary N) is 1. The summed E-state index contributed by atoms with van der Waals surface area (Å²) in [5, 5.41) is 2.56. The minimum absolute atomic E-state index is 0.0156.